The number of piperidine rings is 1. The van der Waals surface area contributed by atoms with Gasteiger partial charge in [-0.15, -0.1) is 0 Å². The van der Waals surface area contributed by atoms with Crippen molar-refractivity contribution >= 4 is 23.3 Å². The van der Waals surface area contributed by atoms with Gasteiger partial charge >= 0.3 is 6.03 Å². The molecule has 2 N–H and O–H groups in total. The first-order valence-electron chi connectivity index (χ1n) is 9.89. The highest BCUT2D eigenvalue weighted by Crippen LogP contribution is 2.31. The number of urea groups is 1. The molecule has 8 nitrogen and oxygen atoms in total. The minimum atomic E-state index is -0.775. The van der Waals surface area contributed by atoms with Crippen LogP contribution in [0.2, 0.25) is 0 Å². The van der Waals surface area contributed by atoms with Crippen LogP contribution in [-0.4, -0.2) is 55.5 Å². The number of methoxy groups -OCH3 is 2. The third-order valence-corrected chi connectivity index (χ3v) is 5.51. The van der Waals surface area contributed by atoms with Crippen LogP contribution >= 0.6 is 0 Å². The van der Waals surface area contributed by atoms with Gasteiger partial charge in [-0.05, 0) is 24.3 Å². The Labute approximate surface area is 179 Å². The maximum absolute atomic E-state index is 13.5. The molecule has 9 heteroatoms. The van der Waals surface area contributed by atoms with Gasteiger partial charge in [0.05, 0.1) is 19.9 Å². The van der Waals surface area contributed by atoms with Crippen LogP contribution < -0.4 is 20.1 Å². The van der Waals surface area contributed by atoms with Gasteiger partial charge in [0, 0.05) is 37.6 Å². The van der Waals surface area contributed by atoms with E-state index in [0.717, 1.165) is 0 Å². The Hall–Kier alpha value is -3.62. The van der Waals surface area contributed by atoms with Crippen LogP contribution in [0.15, 0.2) is 47.5 Å². The lowest BCUT2D eigenvalue weighted by molar-refractivity contribution is -0.115. The average Bonchev–Trinajstić information content (AvgIpc) is 3.09. The van der Waals surface area contributed by atoms with E-state index in [1.54, 1.807) is 42.3 Å². The van der Waals surface area contributed by atoms with E-state index in [1.165, 1.54) is 19.2 Å². The number of rotatable bonds is 4. The van der Waals surface area contributed by atoms with Crippen molar-refractivity contribution < 1.29 is 23.5 Å². The molecule has 0 bridgehead atoms. The van der Waals surface area contributed by atoms with E-state index in [-0.39, 0.29) is 17.6 Å². The second kappa shape index (κ2) is 8.25. The Morgan fingerprint density at radius 2 is 1.94 bits per heavy atom. The molecule has 0 atom stereocenters. The summed E-state index contributed by atoms with van der Waals surface area (Å²) in [6.45, 7) is 0.802. The fraction of sp³-hybridized carbons (Fsp3) is 0.318. The van der Waals surface area contributed by atoms with Gasteiger partial charge < -0.3 is 25.0 Å². The lowest BCUT2D eigenvalue weighted by Gasteiger charge is -2.37. The summed E-state index contributed by atoms with van der Waals surface area (Å²) in [5.41, 5.74) is 0.398. The summed E-state index contributed by atoms with van der Waals surface area (Å²) in [7, 11) is 3.07. The van der Waals surface area contributed by atoms with Crippen molar-refractivity contribution in [2.75, 3.05) is 32.6 Å². The summed E-state index contributed by atoms with van der Waals surface area (Å²) in [6.07, 6.45) is 0.917. The van der Waals surface area contributed by atoms with Gasteiger partial charge in [0.25, 0.3) is 5.91 Å². The fourth-order valence-electron chi connectivity index (χ4n) is 3.82. The van der Waals surface area contributed by atoms with Gasteiger partial charge in [0.1, 0.15) is 28.7 Å². The summed E-state index contributed by atoms with van der Waals surface area (Å²) in [5.74, 6) is 0.370. The molecule has 31 heavy (non-hydrogen) atoms. The summed E-state index contributed by atoms with van der Waals surface area (Å²) < 4.78 is 24.1. The second-order valence-corrected chi connectivity index (χ2v) is 7.44. The van der Waals surface area contributed by atoms with Crippen molar-refractivity contribution in [3.8, 4) is 11.5 Å². The number of ether oxygens (including phenoxy) is 2. The maximum atomic E-state index is 13.5. The first-order valence-corrected chi connectivity index (χ1v) is 9.89. The molecule has 2 heterocycles. The molecule has 2 aliphatic rings. The molecule has 4 rings (SSSR count). The first-order chi connectivity index (χ1) is 14.9. The van der Waals surface area contributed by atoms with Crippen LogP contribution in [0, 0.1) is 5.82 Å². The number of hydrogen-bond acceptors (Lipinski definition) is 5. The van der Waals surface area contributed by atoms with E-state index in [2.05, 4.69) is 15.6 Å². The van der Waals surface area contributed by atoms with Gasteiger partial charge in [0.2, 0.25) is 0 Å². The number of amides is 3. The molecule has 2 aliphatic heterocycles. The molecule has 0 radical (unpaired) electrons. The Morgan fingerprint density at radius 1 is 1.16 bits per heavy atom. The number of nitrogens with zero attached hydrogens (tertiary/aromatic N) is 2. The molecule has 3 amide bonds. The molecule has 2 aromatic rings. The molecule has 1 spiro atoms. The van der Waals surface area contributed by atoms with Gasteiger partial charge in [0.15, 0.2) is 0 Å². The smallest absolute Gasteiger partial charge is 0.321 e. The third-order valence-electron chi connectivity index (χ3n) is 5.51. The summed E-state index contributed by atoms with van der Waals surface area (Å²) >= 11 is 0. The Balaban J connectivity index is 1.44. The van der Waals surface area contributed by atoms with E-state index < -0.39 is 11.5 Å². The molecule has 0 aromatic heterocycles. The molecule has 0 aliphatic carbocycles. The number of hydrogen-bond donors (Lipinski definition) is 2. The molecular weight excluding hydrogens is 403 g/mol. The van der Waals surface area contributed by atoms with Gasteiger partial charge in [-0.2, -0.15) is 0 Å². The fourth-order valence-corrected chi connectivity index (χ4v) is 3.82. The van der Waals surface area contributed by atoms with Crippen LogP contribution in [0.3, 0.4) is 0 Å². The highest BCUT2D eigenvalue weighted by atomic mass is 19.1. The van der Waals surface area contributed by atoms with Crippen molar-refractivity contribution in [3.05, 3.63) is 53.8 Å². The van der Waals surface area contributed by atoms with Crippen LogP contribution in [0.1, 0.15) is 18.4 Å². The van der Waals surface area contributed by atoms with Crippen molar-refractivity contribution in [2.24, 2.45) is 4.99 Å². The average molecular weight is 426 g/mol. The summed E-state index contributed by atoms with van der Waals surface area (Å²) in [6, 6.07) is 10.7. The van der Waals surface area contributed by atoms with E-state index >= 15 is 0 Å². The topological polar surface area (TPSA) is 92.3 Å². The number of likely N-dealkylation sites (tertiary alicyclic amines) is 1. The van der Waals surface area contributed by atoms with Crippen molar-refractivity contribution in [2.45, 2.75) is 18.5 Å². The number of carbonyl (C=O) groups excluding carboxylic acids is 2. The summed E-state index contributed by atoms with van der Waals surface area (Å²) in [4.78, 5) is 31.5. The monoisotopic (exact) mass is 426 g/mol. The number of carbonyl (C=O) groups is 2. The highest BCUT2D eigenvalue weighted by Gasteiger charge is 2.43. The van der Waals surface area contributed by atoms with Crippen LogP contribution in [0.4, 0.5) is 14.9 Å². The quantitative estimate of drug-likeness (QED) is 0.787. The Kier molecular flexibility index (Phi) is 5.50. The van der Waals surface area contributed by atoms with E-state index in [1.807, 2.05) is 0 Å². The Bertz CT molecular complexity index is 1050. The van der Waals surface area contributed by atoms with Crippen LogP contribution in [0.5, 0.6) is 11.5 Å². The predicted molar refractivity (Wildman–Crippen MR) is 113 cm³/mol. The normalized spacial score (nSPS) is 17.2. The molecule has 0 unspecified atom stereocenters. The van der Waals surface area contributed by atoms with E-state index in [4.69, 9.17) is 9.47 Å². The predicted octanol–water partition coefficient (Wildman–Crippen LogP) is 2.79. The third kappa shape index (κ3) is 4.16. The maximum Gasteiger partial charge on any atom is 0.321 e. The molecule has 2 aromatic carbocycles. The second-order valence-electron chi connectivity index (χ2n) is 7.44. The first kappa shape index (κ1) is 20.6. The molecule has 1 saturated heterocycles. The molecular formula is C22H23FN4O4. The van der Waals surface area contributed by atoms with Crippen LogP contribution in [-0.2, 0) is 4.79 Å². The minimum Gasteiger partial charge on any atom is -0.497 e. The zero-order chi connectivity index (χ0) is 22.0. The van der Waals surface area contributed by atoms with Crippen molar-refractivity contribution in [1.29, 1.82) is 0 Å². The SMILES string of the molecule is COc1ccc(OC)c(NC(=O)N2CCC3(CC2)N=C(c2cccc(F)c2)C(=O)N3)c1. The van der Waals surface area contributed by atoms with Crippen molar-refractivity contribution in [1.82, 2.24) is 10.2 Å². The van der Waals surface area contributed by atoms with Crippen LogP contribution in [0.25, 0.3) is 0 Å². The number of benzene rings is 2. The van der Waals surface area contributed by atoms with Gasteiger partial charge in [-0.25, -0.2) is 9.18 Å². The number of aliphatic imine (C=N–C) groups is 1. The molecule has 162 valence electrons. The lowest BCUT2D eigenvalue weighted by atomic mass is 9.98. The zero-order valence-electron chi connectivity index (χ0n) is 17.3. The highest BCUT2D eigenvalue weighted by molar-refractivity contribution is 6.46. The number of halogens is 1. The largest absolute Gasteiger partial charge is 0.497 e. The van der Waals surface area contributed by atoms with Crippen molar-refractivity contribution in [3.63, 3.8) is 0 Å². The number of nitrogens with one attached hydrogen (secondary N) is 2. The van der Waals surface area contributed by atoms with E-state index in [9.17, 15) is 14.0 Å². The summed E-state index contributed by atoms with van der Waals surface area (Å²) in [5, 5.41) is 5.77. The Morgan fingerprint density at radius 3 is 2.61 bits per heavy atom. The minimum absolute atomic E-state index is 0.221. The molecule has 0 saturated carbocycles. The zero-order valence-corrected chi connectivity index (χ0v) is 17.3. The lowest BCUT2D eigenvalue weighted by Crippen LogP contribution is -2.53. The van der Waals surface area contributed by atoms with E-state index in [0.29, 0.717) is 48.7 Å². The van der Waals surface area contributed by atoms with Gasteiger partial charge in [-0.1, -0.05) is 12.1 Å². The standard InChI is InChI=1S/C22H23FN4O4/c1-30-16-6-7-18(31-2)17(13-16)24-21(29)27-10-8-22(9-11-27)25-19(20(28)26-22)14-4-3-5-15(23)12-14/h3-7,12-13H,8-11H2,1-2H3,(H,24,29)(H,26,28). The van der Waals surface area contributed by atoms with Gasteiger partial charge in [-0.3, -0.25) is 9.79 Å². The molecule has 1 fully saturated rings. The number of anilines is 1.